The van der Waals surface area contributed by atoms with Gasteiger partial charge in [-0.1, -0.05) is 31.2 Å². The lowest BCUT2D eigenvalue weighted by molar-refractivity contribution is -0.134. The summed E-state index contributed by atoms with van der Waals surface area (Å²) in [7, 11) is 3.34. The topological polar surface area (TPSA) is 79.9 Å². The molecule has 3 aliphatic rings. The Morgan fingerprint density at radius 3 is 3.00 bits per heavy atom. The Balaban J connectivity index is 1.51. The molecular weight excluding hydrogens is 430 g/mol. The Morgan fingerprint density at radius 2 is 2.24 bits per heavy atom. The van der Waals surface area contributed by atoms with Crippen molar-refractivity contribution in [1.82, 2.24) is 15.5 Å². The van der Waals surface area contributed by atoms with Gasteiger partial charge in [-0.15, -0.1) is 0 Å². The van der Waals surface area contributed by atoms with Gasteiger partial charge >= 0.3 is 0 Å². The molecule has 0 aromatic heterocycles. The first-order valence-electron chi connectivity index (χ1n) is 11.2. The van der Waals surface area contributed by atoms with Crippen LogP contribution in [-0.4, -0.2) is 50.1 Å². The molecule has 4 rings (SSSR count). The van der Waals surface area contributed by atoms with Gasteiger partial charge in [-0.2, -0.15) is 0 Å². The fourth-order valence-corrected chi connectivity index (χ4v) is 3.98. The molecule has 2 heterocycles. The van der Waals surface area contributed by atoms with E-state index in [1.165, 1.54) is 6.08 Å². The van der Waals surface area contributed by atoms with E-state index in [2.05, 4.69) is 23.6 Å². The van der Waals surface area contributed by atoms with Crippen molar-refractivity contribution in [2.45, 2.75) is 13.0 Å². The van der Waals surface area contributed by atoms with Crippen molar-refractivity contribution in [2.24, 2.45) is 5.92 Å². The van der Waals surface area contributed by atoms with Crippen molar-refractivity contribution in [2.75, 3.05) is 27.2 Å². The zero-order valence-electron chi connectivity index (χ0n) is 19.6. The maximum Gasteiger partial charge on any atom is 0.292 e. The van der Waals surface area contributed by atoms with Crippen LogP contribution in [0, 0.1) is 5.92 Å². The Bertz CT molecular complexity index is 1160. The molecule has 176 valence electrons. The number of nitrogens with zero attached hydrogens (tertiary/aromatic N) is 1. The van der Waals surface area contributed by atoms with E-state index in [4.69, 9.17) is 9.47 Å². The van der Waals surface area contributed by atoms with E-state index in [1.54, 1.807) is 31.2 Å². The Morgan fingerprint density at radius 1 is 1.38 bits per heavy atom. The molecule has 7 heteroatoms. The van der Waals surface area contributed by atoms with Gasteiger partial charge in [0.2, 0.25) is 5.91 Å². The van der Waals surface area contributed by atoms with Crippen LogP contribution in [0.3, 0.4) is 0 Å². The molecule has 0 bridgehead atoms. The monoisotopic (exact) mass is 459 g/mol. The quantitative estimate of drug-likeness (QED) is 0.639. The summed E-state index contributed by atoms with van der Waals surface area (Å²) in [5, 5.41) is 5.95. The summed E-state index contributed by atoms with van der Waals surface area (Å²) in [5.74, 6) is 0.607. The van der Waals surface area contributed by atoms with Gasteiger partial charge in [0, 0.05) is 37.7 Å². The second-order valence-corrected chi connectivity index (χ2v) is 8.32. The summed E-state index contributed by atoms with van der Waals surface area (Å²) in [6, 6.07) is 5.52. The minimum Gasteiger partial charge on any atom is -0.496 e. The van der Waals surface area contributed by atoms with Gasteiger partial charge in [-0.3, -0.25) is 9.59 Å². The van der Waals surface area contributed by atoms with Gasteiger partial charge in [0.1, 0.15) is 11.9 Å². The molecule has 0 radical (unpaired) electrons. The number of morpholine rings is 1. The molecule has 7 nitrogen and oxygen atoms in total. The molecule has 2 atom stereocenters. The fourth-order valence-electron chi connectivity index (χ4n) is 3.98. The van der Waals surface area contributed by atoms with Gasteiger partial charge < -0.3 is 25.0 Å². The van der Waals surface area contributed by atoms with E-state index in [1.807, 2.05) is 48.7 Å². The number of dihydropyridines is 1. The summed E-state index contributed by atoms with van der Waals surface area (Å²) in [6.45, 7) is 3.29. The first kappa shape index (κ1) is 23.2. The van der Waals surface area contributed by atoms with E-state index >= 15 is 0 Å². The summed E-state index contributed by atoms with van der Waals surface area (Å²) in [6.07, 6.45) is 16.5. The van der Waals surface area contributed by atoms with Crippen LogP contribution in [0.25, 0.3) is 12.2 Å². The number of ether oxygens (including phenoxy) is 2. The lowest BCUT2D eigenvalue weighted by Crippen LogP contribution is -2.44. The first-order valence-corrected chi connectivity index (χ1v) is 11.2. The number of carbonyl (C=O) groups excluding carboxylic acids is 2. The SMILES string of the molecule is COc1ccc(/C=C/C(=O)NCC2=CCNC=C2)cc1/C=C1\OC2C(=CC=CC2C)N(C)C1=O. The highest BCUT2D eigenvalue weighted by Gasteiger charge is 2.37. The molecule has 1 aromatic carbocycles. The zero-order valence-corrected chi connectivity index (χ0v) is 19.6. The molecule has 1 aliphatic carbocycles. The molecule has 1 saturated heterocycles. The number of allylic oxidation sites excluding steroid dienone is 2. The van der Waals surface area contributed by atoms with E-state index in [0.29, 0.717) is 17.9 Å². The largest absolute Gasteiger partial charge is 0.496 e. The van der Waals surface area contributed by atoms with Gasteiger partial charge in [0.15, 0.2) is 5.76 Å². The molecule has 34 heavy (non-hydrogen) atoms. The fraction of sp³-hybridized carbons (Fsp3) is 0.259. The van der Waals surface area contributed by atoms with Crippen LogP contribution < -0.4 is 15.4 Å². The number of methoxy groups -OCH3 is 1. The van der Waals surface area contributed by atoms with Crippen molar-refractivity contribution >= 4 is 24.0 Å². The Labute approximate surface area is 199 Å². The smallest absolute Gasteiger partial charge is 0.292 e. The van der Waals surface area contributed by atoms with Gasteiger partial charge in [0.25, 0.3) is 5.91 Å². The number of likely N-dealkylation sites (N-methyl/N-ethyl adjacent to an activating group) is 1. The van der Waals surface area contributed by atoms with Crippen LogP contribution in [0.4, 0.5) is 0 Å². The maximum absolute atomic E-state index is 12.9. The number of fused-ring (bicyclic) bond motifs is 1. The van der Waals surface area contributed by atoms with Crippen molar-refractivity contribution < 1.29 is 19.1 Å². The van der Waals surface area contributed by atoms with Crippen molar-refractivity contribution in [3.05, 3.63) is 89.0 Å². The van der Waals surface area contributed by atoms with Crippen LogP contribution in [0.15, 0.2) is 77.9 Å². The predicted octanol–water partition coefficient (Wildman–Crippen LogP) is 3.16. The number of carbonyl (C=O) groups is 2. The molecular formula is C27H29N3O4. The van der Waals surface area contributed by atoms with Gasteiger partial charge in [-0.25, -0.2) is 0 Å². The van der Waals surface area contributed by atoms with Crippen molar-refractivity contribution in [1.29, 1.82) is 0 Å². The molecule has 2 amide bonds. The third-order valence-electron chi connectivity index (χ3n) is 5.94. The predicted molar refractivity (Wildman–Crippen MR) is 132 cm³/mol. The second kappa shape index (κ2) is 10.3. The van der Waals surface area contributed by atoms with E-state index in [-0.39, 0.29) is 29.6 Å². The summed E-state index contributed by atoms with van der Waals surface area (Å²) in [5.41, 5.74) is 3.40. The Kier molecular flexibility index (Phi) is 7.01. The minimum absolute atomic E-state index is 0.143. The normalized spacial score (nSPS) is 22.6. The van der Waals surface area contributed by atoms with Crippen molar-refractivity contribution in [3.8, 4) is 5.75 Å². The van der Waals surface area contributed by atoms with E-state index in [9.17, 15) is 9.59 Å². The highest BCUT2D eigenvalue weighted by Crippen LogP contribution is 2.34. The van der Waals surface area contributed by atoms with Gasteiger partial charge in [0.05, 0.1) is 12.8 Å². The average Bonchev–Trinajstić information content (AvgIpc) is 2.86. The van der Waals surface area contributed by atoms with E-state index < -0.39 is 0 Å². The number of hydrogen-bond acceptors (Lipinski definition) is 5. The van der Waals surface area contributed by atoms with E-state index in [0.717, 1.165) is 23.4 Å². The molecule has 2 aliphatic heterocycles. The highest BCUT2D eigenvalue weighted by molar-refractivity contribution is 5.98. The molecule has 1 aromatic rings. The standard InChI is InChI=1S/C27H29N3O4/c1-18-5-4-6-22-26(18)34-24(27(32)30(22)2)16-21-15-19(7-9-23(21)33-3)8-10-25(31)29-17-20-11-13-28-14-12-20/h4-13,15-16,18,26,28H,14,17H2,1-3H3,(H,29,31)/b10-8+,24-16-. The minimum atomic E-state index is -0.221. The highest BCUT2D eigenvalue weighted by atomic mass is 16.5. The first-order chi connectivity index (χ1) is 16.5. The van der Waals surface area contributed by atoms with Crippen LogP contribution in [0.2, 0.25) is 0 Å². The van der Waals surface area contributed by atoms with Crippen molar-refractivity contribution in [3.63, 3.8) is 0 Å². The molecule has 2 unspecified atom stereocenters. The van der Waals surface area contributed by atoms with Crippen LogP contribution in [-0.2, 0) is 14.3 Å². The van der Waals surface area contributed by atoms with Crippen LogP contribution in [0.1, 0.15) is 18.1 Å². The average molecular weight is 460 g/mol. The number of hydrogen-bond donors (Lipinski definition) is 2. The zero-order chi connectivity index (χ0) is 24.1. The maximum atomic E-state index is 12.9. The number of rotatable bonds is 6. The van der Waals surface area contributed by atoms with Crippen LogP contribution >= 0.6 is 0 Å². The van der Waals surface area contributed by atoms with Crippen LogP contribution in [0.5, 0.6) is 5.75 Å². The molecule has 1 fully saturated rings. The number of benzene rings is 1. The molecule has 2 N–H and O–H groups in total. The summed E-state index contributed by atoms with van der Waals surface area (Å²) >= 11 is 0. The lowest BCUT2D eigenvalue weighted by Gasteiger charge is -2.38. The third-order valence-corrected chi connectivity index (χ3v) is 5.94. The lowest BCUT2D eigenvalue weighted by atomic mass is 9.94. The summed E-state index contributed by atoms with van der Waals surface area (Å²) in [4.78, 5) is 26.8. The summed E-state index contributed by atoms with van der Waals surface area (Å²) < 4.78 is 11.6. The molecule has 0 spiro atoms. The number of amides is 2. The van der Waals surface area contributed by atoms with Gasteiger partial charge in [-0.05, 0) is 53.8 Å². The molecule has 0 saturated carbocycles. The third kappa shape index (κ3) is 5.14. The Hall–Kier alpha value is -4.00. The second-order valence-electron chi connectivity index (χ2n) is 8.32. The number of nitrogens with one attached hydrogen (secondary N) is 2.